The van der Waals surface area contributed by atoms with Gasteiger partial charge < -0.3 is 15.1 Å². The van der Waals surface area contributed by atoms with Gasteiger partial charge in [0.15, 0.2) is 0 Å². The Balaban J connectivity index is 1.96. The van der Waals surface area contributed by atoms with E-state index in [1.54, 1.807) is 9.58 Å². The summed E-state index contributed by atoms with van der Waals surface area (Å²) in [7, 11) is 3.95. The standard InChI is InChI=1S/C26H39N5O2/c1-7-10-21(9-3)27-25(33)26(4)18-31-23(24(32)30(26)16-15-29(5)6)17-22(28-31)20-13-11-19(8-2)12-14-20/h11-14,17,21H,7-10,15-16,18H2,1-6H3,(H,27,33). The number of aryl methyl sites for hydroxylation is 1. The van der Waals surface area contributed by atoms with Crippen LogP contribution in [0.4, 0.5) is 0 Å². The number of hydrogen-bond donors (Lipinski definition) is 1. The van der Waals surface area contributed by atoms with Crippen molar-refractivity contribution in [3.05, 3.63) is 41.6 Å². The van der Waals surface area contributed by atoms with Crippen LogP contribution in [0.2, 0.25) is 0 Å². The van der Waals surface area contributed by atoms with Crippen LogP contribution >= 0.6 is 0 Å². The van der Waals surface area contributed by atoms with E-state index in [0.717, 1.165) is 36.9 Å². The molecule has 1 aliphatic rings. The molecule has 33 heavy (non-hydrogen) atoms. The van der Waals surface area contributed by atoms with Crippen LogP contribution in [0.1, 0.15) is 63.0 Å². The van der Waals surface area contributed by atoms with E-state index in [-0.39, 0.29) is 17.9 Å². The van der Waals surface area contributed by atoms with E-state index in [9.17, 15) is 9.59 Å². The summed E-state index contributed by atoms with van der Waals surface area (Å²) in [5.41, 5.74) is 2.53. The number of aromatic nitrogens is 2. The summed E-state index contributed by atoms with van der Waals surface area (Å²) in [6.45, 7) is 9.69. The number of hydrogen-bond acceptors (Lipinski definition) is 4. The second-order valence-electron chi connectivity index (χ2n) is 9.52. The van der Waals surface area contributed by atoms with E-state index >= 15 is 0 Å². The van der Waals surface area contributed by atoms with E-state index in [2.05, 4.69) is 38.2 Å². The van der Waals surface area contributed by atoms with Crippen molar-refractivity contribution in [2.75, 3.05) is 27.2 Å². The molecule has 3 rings (SSSR count). The molecule has 0 fully saturated rings. The van der Waals surface area contributed by atoms with Crippen molar-refractivity contribution in [2.24, 2.45) is 0 Å². The first kappa shape index (κ1) is 25.0. The molecule has 1 N–H and O–H groups in total. The first-order chi connectivity index (χ1) is 15.7. The van der Waals surface area contributed by atoms with Gasteiger partial charge in [-0.1, -0.05) is 51.5 Å². The maximum absolute atomic E-state index is 13.6. The summed E-state index contributed by atoms with van der Waals surface area (Å²) < 4.78 is 1.72. The molecule has 2 heterocycles. The van der Waals surface area contributed by atoms with Gasteiger partial charge in [-0.15, -0.1) is 0 Å². The monoisotopic (exact) mass is 453 g/mol. The van der Waals surface area contributed by atoms with Crippen molar-refractivity contribution in [3.63, 3.8) is 0 Å². The lowest BCUT2D eigenvalue weighted by Crippen LogP contribution is -2.65. The zero-order valence-electron chi connectivity index (χ0n) is 21.0. The van der Waals surface area contributed by atoms with Crippen LogP contribution < -0.4 is 5.32 Å². The maximum Gasteiger partial charge on any atom is 0.273 e. The molecular weight excluding hydrogens is 414 g/mol. The molecule has 0 bridgehead atoms. The highest BCUT2D eigenvalue weighted by atomic mass is 16.2. The van der Waals surface area contributed by atoms with Gasteiger partial charge in [0.25, 0.3) is 5.91 Å². The van der Waals surface area contributed by atoms with Crippen LogP contribution in [0.5, 0.6) is 0 Å². The third-order valence-corrected chi connectivity index (χ3v) is 6.68. The van der Waals surface area contributed by atoms with Crippen molar-refractivity contribution in [1.29, 1.82) is 0 Å². The molecule has 180 valence electrons. The van der Waals surface area contributed by atoms with E-state index in [0.29, 0.717) is 25.3 Å². The summed E-state index contributed by atoms with van der Waals surface area (Å²) in [6, 6.07) is 10.2. The Hall–Kier alpha value is -2.67. The number of amides is 2. The largest absolute Gasteiger partial charge is 0.351 e. The second kappa shape index (κ2) is 10.5. The number of nitrogens with zero attached hydrogens (tertiary/aromatic N) is 4. The van der Waals surface area contributed by atoms with Gasteiger partial charge in [-0.3, -0.25) is 14.3 Å². The number of likely N-dealkylation sites (N-methyl/N-ethyl adjacent to an activating group) is 1. The highest BCUT2D eigenvalue weighted by molar-refractivity contribution is 6.00. The van der Waals surface area contributed by atoms with Gasteiger partial charge in [0, 0.05) is 24.7 Å². The van der Waals surface area contributed by atoms with Crippen molar-refractivity contribution in [3.8, 4) is 11.3 Å². The lowest BCUT2D eigenvalue weighted by molar-refractivity contribution is -0.134. The quantitative estimate of drug-likeness (QED) is 0.597. The normalized spacial score (nSPS) is 19.0. The molecular formula is C26H39N5O2. The molecule has 0 spiro atoms. The van der Waals surface area contributed by atoms with Gasteiger partial charge in [-0.25, -0.2) is 0 Å². The third kappa shape index (κ3) is 5.29. The minimum atomic E-state index is -1.00. The molecule has 0 saturated heterocycles. The fourth-order valence-electron chi connectivity index (χ4n) is 4.41. The predicted octanol–water partition coefficient (Wildman–Crippen LogP) is 3.58. The fourth-order valence-corrected chi connectivity index (χ4v) is 4.41. The fraction of sp³-hybridized carbons (Fsp3) is 0.577. The van der Waals surface area contributed by atoms with E-state index < -0.39 is 5.54 Å². The summed E-state index contributed by atoms with van der Waals surface area (Å²) in [5, 5.41) is 7.96. The zero-order valence-corrected chi connectivity index (χ0v) is 21.0. The molecule has 0 saturated carbocycles. The summed E-state index contributed by atoms with van der Waals surface area (Å²) in [5.74, 6) is -0.252. The predicted molar refractivity (Wildman–Crippen MR) is 132 cm³/mol. The minimum absolute atomic E-state index is 0.107. The summed E-state index contributed by atoms with van der Waals surface area (Å²) in [6.07, 6.45) is 3.77. The average molecular weight is 454 g/mol. The van der Waals surface area contributed by atoms with Crippen LogP contribution in [0.15, 0.2) is 30.3 Å². The van der Waals surface area contributed by atoms with Gasteiger partial charge in [0.05, 0.1) is 12.2 Å². The molecule has 7 nitrogen and oxygen atoms in total. The highest BCUT2D eigenvalue weighted by Crippen LogP contribution is 2.30. The average Bonchev–Trinajstić information content (AvgIpc) is 3.22. The van der Waals surface area contributed by atoms with Crippen molar-refractivity contribution < 1.29 is 9.59 Å². The molecule has 1 aromatic carbocycles. The number of rotatable bonds is 10. The topological polar surface area (TPSA) is 70.5 Å². The Kier molecular flexibility index (Phi) is 7.95. The van der Waals surface area contributed by atoms with Crippen LogP contribution in [0.25, 0.3) is 11.3 Å². The molecule has 2 aromatic rings. The smallest absolute Gasteiger partial charge is 0.273 e. The van der Waals surface area contributed by atoms with Crippen LogP contribution in [-0.4, -0.2) is 70.2 Å². The van der Waals surface area contributed by atoms with Crippen LogP contribution in [0.3, 0.4) is 0 Å². The second-order valence-corrected chi connectivity index (χ2v) is 9.52. The Morgan fingerprint density at radius 2 is 1.91 bits per heavy atom. The molecule has 0 radical (unpaired) electrons. The summed E-state index contributed by atoms with van der Waals surface area (Å²) >= 11 is 0. The maximum atomic E-state index is 13.6. The van der Waals surface area contributed by atoms with Gasteiger partial charge >= 0.3 is 0 Å². The Morgan fingerprint density at radius 3 is 2.48 bits per heavy atom. The molecule has 1 aliphatic heterocycles. The molecule has 2 atom stereocenters. The molecule has 2 unspecified atom stereocenters. The van der Waals surface area contributed by atoms with Crippen molar-refractivity contribution in [1.82, 2.24) is 24.9 Å². The van der Waals surface area contributed by atoms with Crippen molar-refractivity contribution in [2.45, 2.75) is 71.5 Å². The lowest BCUT2D eigenvalue weighted by atomic mass is 9.94. The Labute approximate surface area is 198 Å². The van der Waals surface area contributed by atoms with Gasteiger partial charge in [0.1, 0.15) is 11.2 Å². The van der Waals surface area contributed by atoms with Gasteiger partial charge in [-0.2, -0.15) is 5.10 Å². The van der Waals surface area contributed by atoms with E-state index in [4.69, 9.17) is 5.10 Å². The van der Waals surface area contributed by atoms with E-state index in [1.165, 1.54) is 5.56 Å². The van der Waals surface area contributed by atoms with Gasteiger partial charge in [0.2, 0.25) is 5.91 Å². The Morgan fingerprint density at radius 1 is 1.21 bits per heavy atom. The van der Waals surface area contributed by atoms with Crippen LogP contribution in [0, 0.1) is 0 Å². The number of carbonyl (C=O) groups is 2. The lowest BCUT2D eigenvalue weighted by Gasteiger charge is -2.44. The van der Waals surface area contributed by atoms with E-state index in [1.807, 2.05) is 44.1 Å². The molecule has 1 aromatic heterocycles. The van der Waals surface area contributed by atoms with Crippen molar-refractivity contribution >= 4 is 11.8 Å². The number of carbonyl (C=O) groups excluding carboxylic acids is 2. The highest BCUT2D eigenvalue weighted by Gasteiger charge is 2.48. The molecule has 7 heteroatoms. The number of benzene rings is 1. The first-order valence-electron chi connectivity index (χ1n) is 12.2. The molecule has 0 aliphatic carbocycles. The zero-order chi connectivity index (χ0) is 24.2. The van der Waals surface area contributed by atoms with Crippen LogP contribution in [-0.2, 0) is 17.8 Å². The number of fused-ring (bicyclic) bond motifs is 1. The minimum Gasteiger partial charge on any atom is -0.351 e. The molecule has 2 amide bonds. The summed E-state index contributed by atoms with van der Waals surface area (Å²) in [4.78, 5) is 31.0. The Bertz CT molecular complexity index is 966. The first-order valence-corrected chi connectivity index (χ1v) is 12.2. The SMILES string of the molecule is CCCC(CC)NC(=O)C1(C)Cn2nc(-c3ccc(CC)cc3)cc2C(=O)N1CCN(C)C. The number of nitrogens with one attached hydrogen (secondary N) is 1. The third-order valence-electron chi connectivity index (χ3n) is 6.68. The van der Waals surface area contributed by atoms with Gasteiger partial charge in [-0.05, 0) is 51.9 Å².